The highest BCUT2D eigenvalue weighted by Crippen LogP contribution is 2.27. The molecule has 2 unspecified atom stereocenters. The van der Waals surface area contributed by atoms with Gasteiger partial charge < -0.3 is 17.7 Å². The molecule has 0 aliphatic rings. The zero-order valence-corrected chi connectivity index (χ0v) is 32.0. The average molecular weight is 666 g/mol. The summed E-state index contributed by atoms with van der Waals surface area (Å²) < 4.78 is 24.5. The maximum absolute atomic E-state index is 12.2. The first kappa shape index (κ1) is 37.8. The highest BCUT2D eigenvalue weighted by molar-refractivity contribution is 6.87. The van der Waals surface area contributed by atoms with Crippen LogP contribution in [0, 0.1) is 5.92 Å². The normalized spacial score (nSPS) is 13.9. The minimum Gasteiger partial charge on any atom is -0.494 e. The van der Waals surface area contributed by atoms with Gasteiger partial charge in [0.2, 0.25) is 0 Å². The van der Waals surface area contributed by atoms with E-state index in [-0.39, 0.29) is 5.92 Å². The third-order valence-electron chi connectivity index (χ3n) is 7.40. The van der Waals surface area contributed by atoms with Crippen LogP contribution < -0.4 is 9.47 Å². The van der Waals surface area contributed by atoms with Crippen LogP contribution in [0.25, 0.3) is 11.1 Å². The van der Waals surface area contributed by atoms with Gasteiger partial charge in [-0.25, -0.2) is 0 Å². The minimum absolute atomic E-state index is 0.0736. The quantitative estimate of drug-likeness (QED) is 0.0463. The summed E-state index contributed by atoms with van der Waals surface area (Å²) in [5.41, 5.74) is 2.14. The molecule has 0 amide bonds. The third kappa shape index (κ3) is 15.4. The molecule has 0 N–H and O–H groups in total. The van der Waals surface area contributed by atoms with E-state index >= 15 is 0 Å². The first-order valence-corrected chi connectivity index (χ1v) is 26.0. The number of esters is 1. The number of unbranched alkanes of at least 4 members (excludes halogenated alkanes) is 6. The first-order valence-electron chi connectivity index (χ1n) is 16.2. The Morgan fingerprint density at radius 3 is 1.72 bits per heavy atom. The lowest BCUT2D eigenvalue weighted by atomic mass is 10.0. The molecular formula is C34H57ClO5Si3. The fourth-order valence-corrected chi connectivity index (χ4v) is 18.8. The molecular weight excluding hydrogens is 608 g/mol. The number of halogens is 1. The number of alkyl halides is 1. The van der Waals surface area contributed by atoms with Crippen molar-refractivity contribution in [3.05, 3.63) is 48.5 Å². The van der Waals surface area contributed by atoms with Crippen molar-refractivity contribution in [3.8, 4) is 22.6 Å². The van der Waals surface area contributed by atoms with Gasteiger partial charge in [0.25, 0.3) is 0 Å². The zero-order chi connectivity index (χ0) is 32.1. The van der Waals surface area contributed by atoms with Gasteiger partial charge in [-0.1, -0.05) is 83.1 Å². The van der Waals surface area contributed by atoms with E-state index < -0.39 is 36.5 Å². The van der Waals surface area contributed by atoms with Crippen LogP contribution in [0.3, 0.4) is 0 Å². The second kappa shape index (κ2) is 17.9. The van der Waals surface area contributed by atoms with Crippen LogP contribution in [0.1, 0.15) is 65.2 Å². The van der Waals surface area contributed by atoms with E-state index in [2.05, 4.69) is 58.0 Å². The standard InChI is InChI=1S/C34H57ClO5Si3/c1-10-28(2)33(35)34(36)38-32-24-20-30(21-25-32)29-18-22-31(23-19-29)37-26-16-14-12-11-13-15-17-27-42(6,7)40-43(8,9)39-41(3,4)5/h18-25,28,33H,10-17,26-27H2,1-9H3. The fraction of sp³-hybridized carbons (Fsp3) is 0.618. The molecule has 0 fully saturated rings. The van der Waals surface area contributed by atoms with E-state index in [0.29, 0.717) is 5.75 Å². The number of hydrogen-bond acceptors (Lipinski definition) is 5. The molecule has 43 heavy (non-hydrogen) atoms. The first-order chi connectivity index (χ1) is 20.1. The van der Waals surface area contributed by atoms with Gasteiger partial charge in [0.1, 0.15) is 16.9 Å². The monoisotopic (exact) mass is 664 g/mol. The maximum Gasteiger partial charge on any atom is 0.329 e. The molecule has 0 saturated heterocycles. The molecule has 5 nitrogen and oxygen atoms in total. The summed E-state index contributed by atoms with van der Waals surface area (Å²) in [6.45, 7) is 20.6. The molecule has 242 valence electrons. The summed E-state index contributed by atoms with van der Waals surface area (Å²) in [7, 11) is -5.27. The van der Waals surface area contributed by atoms with Crippen molar-refractivity contribution in [1.29, 1.82) is 0 Å². The second-order valence-corrected chi connectivity index (χ2v) is 27.0. The smallest absolute Gasteiger partial charge is 0.329 e. The Bertz CT molecular complexity index is 1080. The van der Waals surface area contributed by atoms with Crippen molar-refractivity contribution in [1.82, 2.24) is 0 Å². The van der Waals surface area contributed by atoms with Crippen LogP contribution in [-0.2, 0) is 13.0 Å². The molecule has 2 aromatic carbocycles. The van der Waals surface area contributed by atoms with E-state index in [1.54, 1.807) is 0 Å². The van der Waals surface area contributed by atoms with Crippen LogP contribution in [0.4, 0.5) is 0 Å². The fourth-order valence-electron chi connectivity index (χ4n) is 5.27. The van der Waals surface area contributed by atoms with Crippen LogP contribution in [0.5, 0.6) is 11.5 Å². The van der Waals surface area contributed by atoms with Crippen molar-refractivity contribution in [2.24, 2.45) is 5.92 Å². The Labute approximate surface area is 270 Å². The van der Waals surface area contributed by atoms with Crippen molar-refractivity contribution in [2.45, 2.75) is 122 Å². The van der Waals surface area contributed by atoms with Crippen LogP contribution in [-0.4, -0.2) is 43.1 Å². The van der Waals surface area contributed by atoms with Gasteiger partial charge in [-0.15, -0.1) is 11.6 Å². The van der Waals surface area contributed by atoms with Gasteiger partial charge >= 0.3 is 14.5 Å². The Hall–Kier alpha value is -1.43. The van der Waals surface area contributed by atoms with Gasteiger partial charge in [-0.2, -0.15) is 0 Å². The number of benzene rings is 2. The van der Waals surface area contributed by atoms with Crippen molar-refractivity contribution >= 4 is 42.8 Å². The zero-order valence-electron chi connectivity index (χ0n) is 28.3. The van der Waals surface area contributed by atoms with Crippen molar-refractivity contribution < 1.29 is 22.5 Å². The second-order valence-electron chi connectivity index (χ2n) is 13.8. The highest BCUT2D eigenvalue weighted by atomic mass is 35.5. The van der Waals surface area contributed by atoms with E-state index in [1.807, 2.05) is 50.2 Å². The van der Waals surface area contributed by atoms with Crippen molar-refractivity contribution in [3.63, 3.8) is 0 Å². The molecule has 0 spiro atoms. The third-order valence-corrected chi connectivity index (χ3v) is 18.2. The van der Waals surface area contributed by atoms with Gasteiger partial charge in [0, 0.05) is 0 Å². The lowest BCUT2D eigenvalue weighted by Gasteiger charge is -2.37. The topological polar surface area (TPSA) is 54.0 Å². The van der Waals surface area contributed by atoms with Crippen LogP contribution in [0.2, 0.25) is 51.9 Å². The number of rotatable bonds is 20. The largest absolute Gasteiger partial charge is 0.494 e. The molecule has 9 heteroatoms. The average Bonchev–Trinajstić information content (AvgIpc) is 2.92. The molecule has 0 bridgehead atoms. The summed E-state index contributed by atoms with van der Waals surface area (Å²) >= 11 is 6.21. The predicted molar refractivity (Wildman–Crippen MR) is 190 cm³/mol. The lowest BCUT2D eigenvalue weighted by Crippen LogP contribution is -2.51. The summed E-state index contributed by atoms with van der Waals surface area (Å²) in [5, 5.41) is -0.637. The van der Waals surface area contributed by atoms with Crippen LogP contribution >= 0.6 is 11.6 Å². The predicted octanol–water partition coefficient (Wildman–Crippen LogP) is 10.8. The van der Waals surface area contributed by atoms with E-state index in [9.17, 15) is 4.79 Å². The number of hydrogen-bond donors (Lipinski definition) is 0. The van der Waals surface area contributed by atoms with E-state index in [4.69, 9.17) is 29.3 Å². The summed E-state index contributed by atoms with van der Waals surface area (Å²) in [6, 6.07) is 16.9. The Kier molecular flexibility index (Phi) is 15.7. The van der Waals surface area contributed by atoms with Gasteiger partial charge in [-0.3, -0.25) is 4.79 Å². The number of carbonyl (C=O) groups excluding carboxylic acids is 1. The molecule has 0 saturated carbocycles. The Morgan fingerprint density at radius 2 is 1.21 bits per heavy atom. The Balaban J connectivity index is 1.60. The molecule has 0 aliphatic carbocycles. The van der Waals surface area contributed by atoms with Gasteiger partial charge in [0.05, 0.1) is 6.61 Å². The molecule has 0 radical (unpaired) electrons. The summed E-state index contributed by atoms with van der Waals surface area (Å²) in [6.07, 6.45) is 9.51. The molecule has 0 heterocycles. The highest BCUT2D eigenvalue weighted by Gasteiger charge is 2.37. The molecule has 0 aliphatic heterocycles. The maximum atomic E-state index is 12.2. The number of ether oxygens (including phenoxy) is 2. The minimum atomic E-state index is -2.03. The SMILES string of the molecule is CCC(C)C(Cl)C(=O)Oc1ccc(-c2ccc(OCCCCCCCCC[Si](C)(C)O[Si](C)(C)O[Si](C)(C)C)cc2)cc1. The van der Waals surface area contributed by atoms with E-state index in [0.717, 1.165) is 36.3 Å². The van der Waals surface area contributed by atoms with Gasteiger partial charge in [-0.05, 0) is 99.6 Å². The van der Waals surface area contributed by atoms with Gasteiger partial charge in [0.15, 0.2) is 16.6 Å². The molecule has 0 aromatic heterocycles. The molecule has 2 atom stereocenters. The lowest BCUT2D eigenvalue weighted by molar-refractivity contribution is -0.134. The Morgan fingerprint density at radius 1 is 0.721 bits per heavy atom. The summed E-state index contributed by atoms with van der Waals surface area (Å²) in [5.74, 6) is 1.07. The summed E-state index contributed by atoms with van der Waals surface area (Å²) in [4.78, 5) is 12.2. The van der Waals surface area contributed by atoms with Crippen LogP contribution in [0.15, 0.2) is 48.5 Å². The number of carbonyl (C=O) groups is 1. The molecule has 2 rings (SSSR count). The molecule has 2 aromatic rings. The van der Waals surface area contributed by atoms with E-state index in [1.165, 1.54) is 44.6 Å². The van der Waals surface area contributed by atoms with Crippen molar-refractivity contribution in [2.75, 3.05) is 6.61 Å².